The molecular weight excluding hydrogens is 316 g/mol. The highest BCUT2D eigenvalue weighted by Gasteiger charge is 2.22. The second-order valence-corrected chi connectivity index (χ2v) is 7.53. The van der Waals surface area contributed by atoms with Crippen LogP contribution in [0.25, 0.3) is 0 Å². The number of thiophene rings is 1. The van der Waals surface area contributed by atoms with Crippen LogP contribution >= 0.6 is 11.3 Å². The minimum absolute atomic E-state index is 0.0270. The van der Waals surface area contributed by atoms with Crippen LogP contribution in [0.5, 0.6) is 0 Å². The van der Waals surface area contributed by atoms with E-state index in [2.05, 4.69) is 56.6 Å². The average Bonchev–Trinajstić information content (AvgIpc) is 3.09. The van der Waals surface area contributed by atoms with Crippen molar-refractivity contribution in [2.75, 3.05) is 11.9 Å². The summed E-state index contributed by atoms with van der Waals surface area (Å²) >= 11 is 1.70. The number of nitrogens with zero attached hydrogens (tertiary/aromatic N) is 1. The quantitative estimate of drug-likeness (QED) is 0.661. The summed E-state index contributed by atoms with van der Waals surface area (Å²) in [7, 11) is 0. The van der Waals surface area contributed by atoms with Gasteiger partial charge in [0.05, 0.1) is 6.04 Å². The molecule has 0 aliphatic rings. The molecule has 0 saturated heterocycles. The third-order valence-electron chi connectivity index (χ3n) is 4.24. The lowest BCUT2D eigenvalue weighted by Crippen LogP contribution is -2.38. The van der Waals surface area contributed by atoms with Crippen molar-refractivity contribution in [1.82, 2.24) is 4.90 Å². The van der Waals surface area contributed by atoms with Crippen LogP contribution in [0.4, 0.5) is 10.5 Å². The Morgan fingerprint density at radius 2 is 1.88 bits per heavy atom. The zero-order chi connectivity index (χ0) is 17.5. The van der Waals surface area contributed by atoms with Gasteiger partial charge in [-0.2, -0.15) is 0 Å². The maximum Gasteiger partial charge on any atom is 0.322 e. The van der Waals surface area contributed by atoms with Gasteiger partial charge in [-0.05, 0) is 54.8 Å². The molecule has 130 valence electrons. The highest BCUT2D eigenvalue weighted by Crippen LogP contribution is 2.26. The predicted octanol–water partition coefficient (Wildman–Crippen LogP) is 5.95. The van der Waals surface area contributed by atoms with E-state index in [0.29, 0.717) is 5.92 Å². The lowest BCUT2D eigenvalue weighted by molar-refractivity contribution is 0.190. The second kappa shape index (κ2) is 8.88. The molecule has 0 aliphatic carbocycles. The van der Waals surface area contributed by atoms with Crippen LogP contribution in [0.1, 0.15) is 50.6 Å². The maximum atomic E-state index is 12.8. The van der Waals surface area contributed by atoms with Crippen LogP contribution in [0.3, 0.4) is 0 Å². The zero-order valence-corrected chi connectivity index (χ0v) is 15.9. The summed E-state index contributed by atoms with van der Waals surface area (Å²) in [6.45, 7) is 9.37. The number of carbonyl (C=O) groups is 1. The van der Waals surface area contributed by atoms with E-state index in [9.17, 15) is 4.79 Å². The summed E-state index contributed by atoms with van der Waals surface area (Å²) in [6, 6.07) is 12.3. The SMILES string of the molecule is CCc1ccc(NC(=O)N(CCC(C)C)C(C)c2cccs2)cc1. The Labute approximate surface area is 149 Å². The average molecular weight is 345 g/mol. The summed E-state index contributed by atoms with van der Waals surface area (Å²) in [6.07, 6.45) is 2.00. The highest BCUT2D eigenvalue weighted by molar-refractivity contribution is 7.10. The van der Waals surface area contributed by atoms with Crippen molar-refractivity contribution in [3.8, 4) is 0 Å². The van der Waals surface area contributed by atoms with Crippen LogP contribution < -0.4 is 5.32 Å². The summed E-state index contributed by atoms with van der Waals surface area (Å²) in [5.74, 6) is 0.569. The van der Waals surface area contributed by atoms with E-state index in [4.69, 9.17) is 0 Å². The van der Waals surface area contributed by atoms with Crippen LogP contribution in [0, 0.1) is 5.92 Å². The number of anilines is 1. The van der Waals surface area contributed by atoms with Gasteiger partial charge in [-0.3, -0.25) is 0 Å². The number of benzene rings is 1. The van der Waals surface area contributed by atoms with E-state index in [1.807, 2.05) is 23.1 Å². The molecule has 2 amide bonds. The number of nitrogens with one attached hydrogen (secondary N) is 1. The third kappa shape index (κ3) is 5.10. The lowest BCUT2D eigenvalue weighted by Gasteiger charge is -2.29. The Bertz CT molecular complexity index is 620. The fraction of sp³-hybridized carbons (Fsp3) is 0.450. The first-order valence-corrected chi connectivity index (χ1v) is 9.59. The van der Waals surface area contributed by atoms with Gasteiger partial charge in [0, 0.05) is 17.1 Å². The molecule has 0 fully saturated rings. The van der Waals surface area contributed by atoms with Gasteiger partial charge >= 0.3 is 6.03 Å². The Morgan fingerprint density at radius 1 is 1.17 bits per heavy atom. The van der Waals surface area contributed by atoms with Gasteiger partial charge in [-0.15, -0.1) is 11.3 Å². The lowest BCUT2D eigenvalue weighted by atomic mass is 10.1. The molecule has 1 aromatic heterocycles. The standard InChI is InChI=1S/C20H28N2OS/c1-5-17-8-10-18(11-9-17)21-20(23)22(13-12-15(2)3)16(4)19-7-6-14-24-19/h6-11,14-16H,5,12-13H2,1-4H3,(H,21,23). The van der Waals surface area contributed by atoms with Gasteiger partial charge in [0.25, 0.3) is 0 Å². The van der Waals surface area contributed by atoms with Crippen molar-refractivity contribution >= 4 is 23.1 Å². The Morgan fingerprint density at radius 3 is 2.42 bits per heavy atom. The largest absolute Gasteiger partial charge is 0.322 e. The number of hydrogen-bond acceptors (Lipinski definition) is 2. The van der Waals surface area contributed by atoms with E-state index >= 15 is 0 Å². The number of urea groups is 1. The van der Waals surface area contributed by atoms with Crippen molar-refractivity contribution < 1.29 is 4.79 Å². The molecule has 0 bridgehead atoms. The second-order valence-electron chi connectivity index (χ2n) is 6.55. The van der Waals surface area contributed by atoms with Crippen molar-refractivity contribution in [2.24, 2.45) is 5.92 Å². The van der Waals surface area contributed by atoms with Gasteiger partial charge < -0.3 is 10.2 Å². The molecule has 24 heavy (non-hydrogen) atoms. The normalized spacial score (nSPS) is 12.2. The van der Waals surface area contributed by atoms with Crippen molar-refractivity contribution in [3.63, 3.8) is 0 Å². The molecule has 0 aliphatic heterocycles. The summed E-state index contributed by atoms with van der Waals surface area (Å²) in [4.78, 5) is 16.0. The van der Waals surface area contributed by atoms with E-state index in [1.54, 1.807) is 11.3 Å². The molecule has 4 heteroatoms. The first kappa shape index (κ1) is 18.5. The minimum atomic E-state index is -0.0270. The minimum Gasteiger partial charge on any atom is -0.317 e. The molecule has 1 unspecified atom stereocenters. The molecule has 1 N–H and O–H groups in total. The molecule has 0 saturated carbocycles. The maximum absolute atomic E-state index is 12.8. The van der Waals surface area contributed by atoms with E-state index in [0.717, 1.165) is 25.1 Å². The van der Waals surface area contributed by atoms with Gasteiger partial charge in [0.2, 0.25) is 0 Å². The van der Waals surface area contributed by atoms with E-state index < -0.39 is 0 Å². The number of amides is 2. The number of hydrogen-bond donors (Lipinski definition) is 1. The van der Waals surface area contributed by atoms with Gasteiger partial charge in [-0.1, -0.05) is 39.0 Å². The molecule has 1 atom stereocenters. The van der Waals surface area contributed by atoms with E-state index in [1.165, 1.54) is 10.4 Å². The Balaban J connectivity index is 2.10. The first-order chi connectivity index (χ1) is 11.5. The van der Waals surface area contributed by atoms with Gasteiger partial charge in [0.15, 0.2) is 0 Å². The van der Waals surface area contributed by atoms with Crippen LogP contribution in [0.15, 0.2) is 41.8 Å². The fourth-order valence-electron chi connectivity index (χ4n) is 2.57. The molecule has 1 aromatic carbocycles. The van der Waals surface area contributed by atoms with E-state index in [-0.39, 0.29) is 12.1 Å². The fourth-order valence-corrected chi connectivity index (χ4v) is 3.37. The van der Waals surface area contributed by atoms with Crippen molar-refractivity contribution in [2.45, 2.75) is 46.6 Å². The zero-order valence-electron chi connectivity index (χ0n) is 15.1. The molecule has 0 radical (unpaired) electrons. The Hall–Kier alpha value is -1.81. The van der Waals surface area contributed by atoms with Crippen molar-refractivity contribution in [3.05, 3.63) is 52.2 Å². The monoisotopic (exact) mass is 344 g/mol. The number of aryl methyl sites for hydroxylation is 1. The predicted molar refractivity (Wildman–Crippen MR) is 104 cm³/mol. The molecule has 3 nitrogen and oxygen atoms in total. The number of carbonyl (C=O) groups excluding carboxylic acids is 1. The highest BCUT2D eigenvalue weighted by atomic mass is 32.1. The van der Waals surface area contributed by atoms with Crippen LogP contribution in [0.2, 0.25) is 0 Å². The summed E-state index contributed by atoms with van der Waals surface area (Å²) in [5, 5.41) is 5.11. The van der Waals surface area contributed by atoms with Crippen molar-refractivity contribution in [1.29, 1.82) is 0 Å². The Kier molecular flexibility index (Phi) is 6.85. The first-order valence-electron chi connectivity index (χ1n) is 8.71. The van der Waals surface area contributed by atoms with Crippen LogP contribution in [-0.2, 0) is 6.42 Å². The molecule has 0 spiro atoms. The topological polar surface area (TPSA) is 32.3 Å². The summed E-state index contributed by atoms with van der Waals surface area (Å²) in [5.41, 5.74) is 2.13. The number of rotatable bonds is 7. The van der Waals surface area contributed by atoms with Gasteiger partial charge in [0.1, 0.15) is 0 Å². The van der Waals surface area contributed by atoms with Crippen LogP contribution in [-0.4, -0.2) is 17.5 Å². The smallest absolute Gasteiger partial charge is 0.317 e. The third-order valence-corrected chi connectivity index (χ3v) is 5.29. The molecular formula is C20H28N2OS. The molecule has 1 heterocycles. The molecule has 2 rings (SSSR count). The van der Waals surface area contributed by atoms with Gasteiger partial charge in [-0.25, -0.2) is 4.79 Å². The molecule has 2 aromatic rings. The summed E-state index contributed by atoms with van der Waals surface area (Å²) < 4.78 is 0.